The standard InChI is InChI=1S/C25H34N2O2/c1-5-18-29-23-12-8-21(9-13-23)24(28)27-16-14-26(15-17-27)19-20-6-10-22(11-7-20)25(2,3)4/h6-13H,5,14-19H2,1-4H3. The van der Waals surface area contributed by atoms with E-state index in [4.69, 9.17) is 4.74 Å². The molecule has 0 atom stereocenters. The number of hydrogen-bond acceptors (Lipinski definition) is 3. The van der Waals surface area contributed by atoms with Crippen molar-refractivity contribution in [3.63, 3.8) is 0 Å². The Balaban J connectivity index is 1.50. The van der Waals surface area contributed by atoms with Crippen molar-refractivity contribution >= 4 is 5.91 Å². The molecular weight excluding hydrogens is 360 g/mol. The number of carbonyl (C=O) groups is 1. The zero-order chi connectivity index (χ0) is 20.9. The van der Waals surface area contributed by atoms with Crippen LogP contribution < -0.4 is 4.74 Å². The van der Waals surface area contributed by atoms with Crippen LogP contribution in [0.4, 0.5) is 0 Å². The molecule has 156 valence electrons. The van der Waals surface area contributed by atoms with Gasteiger partial charge in [-0.1, -0.05) is 52.0 Å². The zero-order valence-corrected chi connectivity index (χ0v) is 18.3. The van der Waals surface area contributed by atoms with Crippen molar-refractivity contribution in [2.45, 2.75) is 46.1 Å². The first-order valence-corrected chi connectivity index (χ1v) is 10.7. The first-order valence-electron chi connectivity index (χ1n) is 10.7. The Kier molecular flexibility index (Phi) is 6.96. The van der Waals surface area contributed by atoms with Crippen molar-refractivity contribution in [1.29, 1.82) is 0 Å². The van der Waals surface area contributed by atoms with Crippen LogP contribution in [0.1, 0.15) is 55.6 Å². The van der Waals surface area contributed by atoms with E-state index in [-0.39, 0.29) is 11.3 Å². The van der Waals surface area contributed by atoms with E-state index >= 15 is 0 Å². The van der Waals surface area contributed by atoms with Gasteiger partial charge in [-0.3, -0.25) is 9.69 Å². The van der Waals surface area contributed by atoms with E-state index in [0.717, 1.165) is 50.5 Å². The molecule has 1 amide bonds. The fourth-order valence-electron chi connectivity index (χ4n) is 3.57. The van der Waals surface area contributed by atoms with Gasteiger partial charge in [0.25, 0.3) is 5.91 Å². The zero-order valence-electron chi connectivity index (χ0n) is 18.3. The Morgan fingerprint density at radius 1 is 0.931 bits per heavy atom. The van der Waals surface area contributed by atoms with Crippen LogP contribution in [0.2, 0.25) is 0 Å². The summed E-state index contributed by atoms with van der Waals surface area (Å²) >= 11 is 0. The maximum absolute atomic E-state index is 12.8. The Morgan fingerprint density at radius 2 is 1.55 bits per heavy atom. The number of ether oxygens (including phenoxy) is 1. The van der Waals surface area contributed by atoms with Crippen molar-refractivity contribution in [3.05, 3.63) is 65.2 Å². The summed E-state index contributed by atoms with van der Waals surface area (Å²) < 4.78 is 5.60. The van der Waals surface area contributed by atoms with Gasteiger partial charge in [0.1, 0.15) is 5.75 Å². The molecule has 1 aliphatic heterocycles. The summed E-state index contributed by atoms with van der Waals surface area (Å²) in [6.45, 7) is 13.8. The molecular formula is C25H34N2O2. The third-order valence-corrected chi connectivity index (χ3v) is 5.46. The lowest BCUT2D eigenvalue weighted by atomic mass is 9.87. The lowest BCUT2D eigenvalue weighted by Gasteiger charge is -2.35. The van der Waals surface area contributed by atoms with E-state index in [1.54, 1.807) is 0 Å². The quantitative estimate of drug-likeness (QED) is 0.710. The van der Waals surface area contributed by atoms with Crippen LogP contribution in [0.3, 0.4) is 0 Å². The third kappa shape index (κ3) is 5.83. The molecule has 1 saturated heterocycles. The van der Waals surface area contributed by atoms with E-state index in [2.05, 4.69) is 56.9 Å². The molecule has 0 bridgehead atoms. The van der Waals surface area contributed by atoms with Gasteiger partial charge in [-0.25, -0.2) is 0 Å². The third-order valence-electron chi connectivity index (χ3n) is 5.46. The fourth-order valence-corrected chi connectivity index (χ4v) is 3.57. The summed E-state index contributed by atoms with van der Waals surface area (Å²) in [4.78, 5) is 17.2. The van der Waals surface area contributed by atoms with Gasteiger partial charge in [-0.2, -0.15) is 0 Å². The second-order valence-electron chi connectivity index (χ2n) is 8.89. The van der Waals surface area contributed by atoms with Gasteiger partial charge in [0.15, 0.2) is 0 Å². The number of rotatable bonds is 6. The van der Waals surface area contributed by atoms with Crippen LogP contribution in [-0.4, -0.2) is 48.5 Å². The van der Waals surface area contributed by atoms with E-state index in [1.165, 1.54) is 11.1 Å². The Labute approximate surface area is 175 Å². The second kappa shape index (κ2) is 9.45. The predicted octanol–water partition coefficient (Wildman–Crippen LogP) is 4.73. The van der Waals surface area contributed by atoms with E-state index in [1.807, 2.05) is 29.2 Å². The number of piperazine rings is 1. The van der Waals surface area contributed by atoms with Crippen molar-refractivity contribution in [3.8, 4) is 5.75 Å². The molecule has 4 nitrogen and oxygen atoms in total. The van der Waals surface area contributed by atoms with E-state index in [9.17, 15) is 4.79 Å². The predicted molar refractivity (Wildman–Crippen MR) is 119 cm³/mol. The highest BCUT2D eigenvalue weighted by molar-refractivity contribution is 5.94. The molecule has 1 fully saturated rings. The lowest BCUT2D eigenvalue weighted by Crippen LogP contribution is -2.48. The van der Waals surface area contributed by atoms with Gasteiger partial charge in [-0.05, 0) is 47.2 Å². The summed E-state index contributed by atoms with van der Waals surface area (Å²) in [6.07, 6.45) is 0.978. The molecule has 3 rings (SSSR count). The highest BCUT2D eigenvalue weighted by Crippen LogP contribution is 2.23. The van der Waals surface area contributed by atoms with Crippen LogP contribution in [0, 0.1) is 0 Å². The van der Waals surface area contributed by atoms with E-state index in [0.29, 0.717) is 6.61 Å². The Morgan fingerprint density at radius 3 is 2.10 bits per heavy atom. The smallest absolute Gasteiger partial charge is 0.253 e. The molecule has 1 heterocycles. The molecule has 0 radical (unpaired) electrons. The first-order chi connectivity index (χ1) is 13.9. The number of amides is 1. The van der Waals surface area contributed by atoms with E-state index < -0.39 is 0 Å². The van der Waals surface area contributed by atoms with Crippen LogP contribution in [0.5, 0.6) is 5.75 Å². The van der Waals surface area contributed by atoms with Gasteiger partial charge in [0.05, 0.1) is 6.61 Å². The van der Waals surface area contributed by atoms with Crippen molar-refractivity contribution in [2.75, 3.05) is 32.8 Å². The minimum absolute atomic E-state index is 0.112. The number of nitrogens with zero attached hydrogens (tertiary/aromatic N) is 2. The van der Waals surface area contributed by atoms with Crippen LogP contribution in [0.25, 0.3) is 0 Å². The Bertz CT molecular complexity index is 783. The average molecular weight is 395 g/mol. The highest BCUT2D eigenvalue weighted by Gasteiger charge is 2.22. The first kappa shape index (κ1) is 21.4. The number of hydrogen-bond donors (Lipinski definition) is 0. The van der Waals surface area contributed by atoms with Gasteiger partial charge in [-0.15, -0.1) is 0 Å². The van der Waals surface area contributed by atoms with Gasteiger partial charge >= 0.3 is 0 Å². The summed E-state index contributed by atoms with van der Waals surface area (Å²) in [5.74, 6) is 0.937. The van der Waals surface area contributed by atoms with Crippen LogP contribution >= 0.6 is 0 Å². The number of carbonyl (C=O) groups excluding carboxylic acids is 1. The molecule has 0 saturated carbocycles. The molecule has 0 aliphatic carbocycles. The minimum Gasteiger partial charge on any atom is -0.494 e. The van der Waals surface area contributed by atoms with Crippen molar-refractivity contribution < 1.29 is 9.53 Å². The largest absolute Gasteiger partial charge is 0.494 e. The molecule has 29 heavy (non-hydrogen) atoms. The highest BCUT2D eigenvalue weighted by atomic mass is 16.5. The maximum atomic E-state index is 12.8. The second-order valence-corrected chi connectivity index (χ2v) is 8.89. The topological polar surface area (TPSA) is 32.8 Å². The summed E-state index contributed by atoms with van der Waals surface area (Å²) in [7, 11) is 0. The van der Waals surface area contributed by atoms with Gasteiger partial charge < -0.3 is 9.64 Å². The SMILES string of the molecule is CCCOc1ccc(C(=O)N2CCN(Cc3ccc(C(C)(C)C)cc3)CC2)cc1. The Hall–Kier alpha value is -2.33. The molecule has 0 N–H and O–H groups in total. The molecule has 0 unspecified atom stereocenters. The molecule has 1 aliphatic rings. The van der Waals surface area contributed by atoms with Gasteiger partial charge in [0, 0.05) is 38.3 Å². The lowest BCUT2D eigenvalue weighted by molar-refractivity contribution is 0.0628. The maximum Gasteiger partial charge on any atom is 0.253 e. The summed E-state index contributed by atoms with van der Waals surface area (Å²) in [5, 5.41) is 0. The van der Waals surface area contributed by atoms with Crippen molar-refractivity contribution in [1.82, 2.24) is 9.80 Å². The van der Waals surface area contributed by atoms with Crippen molar-refractivity contribution in [2.24, 2.45) is 0 Å². The molecule has 0 spiro atoms. The van der Waals surface area contributed by atoms with Crippen LogP contribution in [0.15, 0.2) is 48.5 Å². The number of benzene rings is 2. The fraction of sp³-hybridized carbons (Fsp3) is 0.480. The summed E-state index contributed by atoms with van der Waals surface area (Å²) in [5.41, 5.74) is 3.62. The van der Waals surface area contributed by atoms with Crippen LogP contribution in [-0.2, 0) is 12.0 Å². The molecule has 0 aromatic heterocycles. The molecule has 2 aromatic carbocycles. The minimum atomic E-state index is 0.112. The average Bonchev–Trinajstić information content (AvgIpc) is 2.72. The molecule has 4 heteroatoms. The molecule has 2 aromatic rings. The summed E-state index contributed by atoms with van der Waals surface area (Å²) in [6, 6.07) is 16.5. The normalized spacial score (nSPS) is 15.4. The van der Waals surface area contributed by atoms with Gasteiger partial charge in [0.2, 0.25) is 0 Å². The monoisotopic (exact) mass is 394 g/mol.